The molecular weight excluding hydrogens is 409 g/mol. The average Bonchev–Trinajstić information content (AvgIpc) is 2.71. The number of hydrogen-bond donors (Lipinski definition) is 1. The van der Waals surface area contributed by atoms with Crippen LogP contribution in [0.3, 0.4) is 0 Å². The van der Waals surface area contributed by atoms with Gasteiger partial charge in [0.1, 0.15) is 5.56 Å². The third-order valence-electron chi connectivity index (χ3n) is 5.94. The lowest BCUT2D eigenvalue weighted by atomic mass is 9.98. The van der Waals surface area contributed by atoms with Gasteiger partial charge < -0.3 is 14.8 Å². The standard InChI is InChI=1S/C22H26ClN3O2.ClH/c1-15-7-10-25(13-16-4-3-9-24-12-16)21(27)20(15)22(28)26-11-8-17-5-2-6-19(23)18(17)14-26;/h2,5-7,10,16,24H,3-4,8-9,11-14H2,1H3;1H. The van der Waals surface area contributed by atoms with E-state index < -0.39 is 0 Å². The Morgan fingerprint density at radius 3 is 2.90 bits per heavy atom. The van der Waals surface area contributed by atoms with Gasteiger partial charge in [-0.1, -0.05) is 23.7 Å². The first-order valence-electron chi connectivity index (χ1n) is 10.0. The van der Waals surface area contributed by atoms with Crippen LogP contribution >= 0.6 is 24.0 Å². The van der Waals surface area contributed by atoms with Gasteiger partial charge in [-0.15, -0.1) is 12.4 Å². The van der Waals surface area contributed by atoms with Crippen molar-refractivity contribution in [3.05, 3.63) is 68.1 Å². The fraction of sp³-hybridized carbons (Fsp3) is 0.455. The predicted octanol–water partition coefficient (Wildman–Crippen LogP) is 3.43. The molecule has 3 heterocycles. The lowest BCUT2D eigenvalue weighted by Crippen LogP contribution is -2.41. The summed E-state index contributed by atoms with van der Waals surface area (Å²) in [6.45, 7) is 5.51. The van der Waals surface area contributed by atoms with Gasteiger partial charge in [0.2, 0.25) is 0 Å². The number of nitrogens with one attached hydrogen (secondary N) is 1. The molecule has 1 N–H and O–H groups in total. The second-order valence-electron chi connectivity index (χ2n) is 7.90. The number of rotatable bonds is 3. The van der Waals surface area contributed by atoms with Crippen LogP contribution in [-0.4, -0.2) is 35.0 Å². The van der Waals surface area contributed by atoms with Gasteiger partial charge in [-0.2, -0.15) is 0 Å². The van der Waals surface area contributed by atoms with Crippen molar-refractivity contribution < 1.29 is 4.79 Å². The van der Waals surface area contributed by atoms with E-state index in [9.17, 15) is 9.59 Å². The minimum absolute atomic E-state index is 0. The first kappa shape index (κ1) is 21.9. The van der Waals surface area contributed by atoms with E-state index in [0.29, 0.717) is 36.1 Å². The van der Waals surface area contributed by atoms with Crippen LogP contribution in [0.1, 0.15) is 39.9 Å². The molecular formula is C22H27Cl2N3O2. The molecule has 29 heavy (non-hydrogen) atoms. The zero-order valence-electron chi connectivity index (χ0n) is 16.6. The molecule has 1 fully saturated rings. The van der Waals surface area contributed by atoms with Crippen molar-refractivity contribution in [2.45, 2.75) is 39.3 Å². The molecule has 0 aliphatic carbocycles. The number of amides is 1. The molecule has 1 unspecified atom stereocenters. The van der Waals surface area contributed by atoms with Gasteiger partial charge >= 0.3 is 0 Å². The third kappa shape index (κ3) is 4.52. The Kier molecular flexibility index (Phi) is 7.04. The van der Waals surface area contributed by atoms with Gasteiger partial charge in [-0.05, 0) is 74.0 Å². The Balaban J connectivity index is 0.00000240. The highest BCUT2D eigenvalue weighted by molar-refractivity contribution is 6.31. The van der Waals surface area contributed by atoms with E-state index in [0.717, 1.165) is 43.5 Å². The molecule has 1 amide bonds. The van der Waals surface area contributed by atoms with E-state index in [1.54, 1.807) is 9.47 Å². The molecule has 0 bridgehead atoms. The van der Waals surface area contributed by atoms with E-state index in [2.05, 4.69) is 11.4 Å². The van der Waals surface area contributed by atoms with E-state index in [4.69, 9.17) is 11.6 Å². The molecule has 1 aromatic carbocycles. The molecule has 2 aliphatic heterocycles. The molecule has 7 heteroatoms. The summed E-state index contributed by atoms with van der Waals surface area (Å²) in [7, 11) is 0. The van der Waals surface area contributed by atoms with E-state index in [1.165, 1.54) is 5.56 Å². The summed E-state index contributed by atoms with van der Waals surface area (Å²) in [5, 5.41) is 4.07. The van der Waals surface area contributed by atoms with Gasteiger partial charge in [0, 0.05) is 30.9 Å². The highest BCUT2D eigenvalue weighted by Crippen LogP contribution is 2.27. The number of aromatic nitrogens is 1. The van der Waals surface area contributed by atoms with Crippen LogP contribution in [0.4, 0.5) is 0 Å². The summed E-state index contributed by atoms with van der Waals surface area (Å²) in [6, 6.07) is 7.74. The van der Waals surface area contributed by atoms with Crippen LogP contribution in [-0.2, 0) is 19.5 Å². The van der Waals surface area contributed by atoms with Crippen LogP contribution in [0, 0.1) is 12.8 Å². The fourth-order valence-corrected chi connectivity index (χ4v) is 4.55. The van der Waals surface area contributed by atoms with E-state index in [-0.39, 0.29) is 23.9 Å². The minimum atomic E-state index is -0.191. The quantitative estimate of drug-likeness (QED) is 0.802. The molecule has 4 rings (SSSR count). The molecule has 0 saturated carbocycles. The second-order valence-corrected chi connectivity index (χ2v) is 8.31. The Morgan fingerprint density at radius 1 is 1.31 bits per heavy atom. The summed E-state index contributed by atoms with van der Waals surface area (Å²) in [6.07, 6.45) is 4.82. The van der Waals surface area contributed by atoms with Crippen LogP contribution in [0.25, 0.3) is 0 Å². The normalized spacial score (nSPS) is 18.7. The number of nitrogens with zero attached hydrogens (tertiary/aromatic N) is 2. The van der Waals surface area contributed by atoms with Gasteiger partial charge in [0.05, 0.1) is 0 Å². The Bertz CT molecular complexity index is 952. The van der Waals surface area contributed by atoms with Crippen molar-refractivity contribution in [1.29, 1.82) is 0 Å². The summed E-state index contributed by atoms with van der Waals surface area (Å²) in [5.41, 5.74) is 3.02. The SMILES string of the molecule is Cc1ccn(CC2CCCNC2)c(=O)c1C(=O)N1CCc2cccc(Cl)c2C1.Cl. The lowest BCUT2D eigenvalue weighted by molar-refractivity contribution is 0.0731. The minimum Gasteiger partial charge on any atom is -0.334 e. The van der Waals surface area contributed by atoms with Crippen molar-refractivity contribution in [3.8, 4) is 0 Å². The molecule has 1 saturated heterocycles. The zero-order valence-corrected chi connectivity index (χ0v) is 18.2. The number of fused-ring (bicyclic) bond motifs is 1. The second kappa shape index (κ2) is 9.33. The van der Waals surface area contributed by atoms with Crippen molar-refractivity contribution >= 4 is 29.9 Å². The highest BCUT2D eigenvalue weighted by Gasteiger charge is 2.27. The maximum atomic E-state index is 13.3. The van der Waals surface area contributed by atoms with Crippen LogP contribution < -0.4 is 10.9 Å². The van der Waals surface area contributed by atoms with E-state index in [1.807, 2.05) is 31.3 Å². The van der Waals surface area contributed by atoms with Crippen LogP contribution in [0.5, 0.6) is 0 Å². The molecule has 1 atom stereocenters. The van der Waals surface area contributed by atoms with Crippen molar-refractivity contribution in [1.82, 2.24) is 14.8 Å². The van der Waals surface area contributed by atoms with Crippen molar-refractivity contribution in [2.75, 3.05) is 19.6 Å². The lowest BCUT2D eigenvalue weighted by Gasteiger charge is -2.30. The fourth-order valence-electron chi connectivity index (χ4n) is 4.30. The molecule has 156 valence electrons. The Hall–Kier alpha value is -1.82. The summed E-state index contributed by atoms with van der Waals surface area (Å²) in [5.74, 6) is 0.238. The topological polar surface area (TPSA) is 54.3 Å². The number of halogens is 2. The summed E-state index contributed by atoms with van der Waals surface area (Å²) < 4.78 is 1.71. The number of pyridine rings is 1. The number of piperidine rings is 1. The molecule has 0 radical (unpaired) electrons. The summed E-state index contributed by atoms with van der Waals surface area (Å²) in [4.78, 5) is 28.1. The van der Waals surface area contributed by atoms with Crippen LogP contribution in [0.15, 0.2) is 35.3 Å². The smallest absolute Gasteiger partial charge is 0.263 e. The largest absolute Gasteiger partial charge is 0.334 e. The zero-order chi connectivity index (χ0) is 19.7. The summed E-state index contributed by atoms with van der Waals surface area (Å²) >= 11 is 6.34. The third-order valence-corrected chi connectivity index (χ3v) is 6.30. The van der Waals surface area contributed by atoms with Gasteiger partial charge in [-0.3, -0.25) is 9.59 Å². The number of carbonyl (C=O) groups is 1. The maximum absolute atomic E-state index is 13.3. The average molecular weight is 436 g/mol. The predicted molar refractivity (Wildman–Crippen MR) is 118 cm³/mol. The molecule has 2 aliphatic rings. The Labute approximate surface area is 182 Å². The van der Waals surface area contributed by atoms with E-state index >= 15 is 0 Å². The molecule has 0 spiro atoms. The number of benzene rings is 1. The van der Waals surface area contributed by atoms with Gasteiger partial charge in [0.25, 0.3) is 11.5 Å². The van der Waals surface area contributed by atoms with Crippen molar-refractivity contribution in [3.63, 3.8) is 0 Å². The molecule has 5 nitrogen and oxygen atoms in total. The first-order valence-corrected chi connectivity index (χ1v) is 10.4. The monoisotopic (exact) mass is 435 g/mol. The molecule has 2 aromatic rings. The van der Waals surface area contributed by atoms with Crippen LogP contribution in [0.2, 0.25) is 5.02 Å². The van der Waals surface area contributed by atoms with Gasteiger partial charge in [-0.25, -0.2) is 0 Å². The first-order chi connectivity index (χ1) is 13.5. The highest BCUT2D eigenvalue weighted by atomic mass is 35.5. The Morgan fingerprint density at radius 2 is 2.14 bits per heavy atom. The van der Waals surface area contributed by atoms with Crippen molar-refractivity contribution in [2.24, 2.45) is 5.92 Å². The molecule has 1 aromatic heterocycles. The number of hydrogen-bond acceptors (Lipinski definition) is 3. The maximum Gasteiger partial charge on any atom is 0.263 e. The van der Waals surface area contributed by atoms with Gasteiger partial charge in [0.15, 0.2) is 0 Å². The number of aryl methyl sites for hydroxylation is 1. The number of carbonyl (C=O) groups excluding carboxylic acids is 1.